The van der Waals surface area contributed by atoms with E-state index in [0.717, 1.165) is 0 Å². The van der Waals surface area contributed by atoms with Gasteiger partial charge in [-0.2, -0.15) is 0 Å². The van der Waals surface area contributed by atoms with Crippen molar-refractivity contribution in [1.82, 2.24) is 0 Å². The summed E-state index contributed by atoms with van der Waals surface area (Å²) in [5, 5.41) is 0. The van der Waals surface area contributed by atoms with E-state index in [4.69, 9.17) is 18.5 Å². The minimum atomic E-state index is -4.18. The highest BCUT2D eigenvalue weighted by Gasteiger charge is 2.22. The number of ether oxygens (including phenoxy) is 2. The zero-order valence-electron chi connectivity index (χ0n) is 12.3. The van der Waals surface area contributed by atoms with Gasteiger partial charge in [-0.05, 0) is 40.5 Å². The summed E-state index contributed by atoms with van der Waals surface area (Å²) in [5.74, 6) is 0. The molecule has 0 aliphatic carbocycles. The molecule has 0 fully saturated rings. The average molecular weight is 297 g/mol. The minimum Gasteiger partial charge on any atom is -0.379 e. The first-order valence-electron chi connectivity index (χ1n) is 6.67. The van der Waals surface area contributed by atoms with Crippen molar-refractivity contribution in [1.29, 1.82) is 0 Å². The topological polar surface area (TPSA) is 73.9 Å². The Bertz CT molecular complexity index is 235. The van der Waals surface area contributed by atoms with E-state index in [1.165, 1.54) is 0 Å². The summed E-state index contributed by atoms with van der Waals surface area (Å²) >= 11 is 0. The standard InChI is InChI=1S/C12H26O6P/c1-11(2)15-7-5-9-17-19(13,14)18-10-6-8-16-12(3)4/h11-12H,5-10H2,1-4H3. The maximum Gasteiger partial charge on any atom is 0.502 e. The molecular formula is C12H26O6P. The van der Waals surface area contributed by atoms with Gasteiger partial charge in [0.05, 0.1) is 25.4 Å². The maximum atomic E-state index is 11.3. The SMILES string of the molecule is CC(C)OCCCOP([O])(=O)OCCCOC(C)C. The molecule has 0 unspecified atom stereocenters. The van der Waals surface area contributed by atoms with Crippen LogP contribution < -0.4 is 0 Å². The molecule has 115 valence electrons. The monoisotopic (exact) mass is 297 g/mol. The van der Waals surface area contributed by atoms with Crippen molar-refractivity contribution in [2.24, 2.45) is 0 Å². The first-order chi connectivity index (χ1) is 8.83. The van der Waals surface area contributed by atoms with Gasteiger partial charge < -0.3 is 9.47 Å². The quantitative estimate of drug-likeness (QED) is 0.408. The van der Waals surface area contributed by atoms with Crippen molar-refractivity contribution in [2.45, 2.75) is 52.7 Å². The summed E-state index contributed by atoms with van der Waals surface area (Å²) in [6, 6.07) is 0. The van der Waals surface area contributed by atoms with E-state index in [2.05, 4.69) is 0 Å². The van der Waals surface area contributed by atoms with Gasteiger partial charge in [0.15, 0.2) is 0 Å². The second-order valence-corrected chi connectivity index (χ2v) is 6.07. The lowest BCUT2D eigenvalue weighted by Gasteiger charge is -2.12. The molecule has 0 atom stereocenters. The van der Waals surface area contributed by atoms with Crippen LogP contribution in [0.4, 0.5) is 0 Å². The van der Waals surface area contributed by atoms with Crippen LogP contribution in [-0.2, 0) is 28.0 Å². The third-order valence-electron chi connectivity index (χ3n) is 1.98. The van der Waals surface area contributed by atoms with Crippen LogP contribution in [0, 0.1) is 0 Å². The molecule has 19 heavy (non-hydrogen) atoms. The Morgan fingerprint density at radius 2 is 1.16 bits per heavy atom. The lowest BCUT2D eigenvalue weighted by atomic mass is 10.4. The number of hydrogen-bond acceptors (Lipinski definition) is 5. The van der Waals surface area contributed by atoms with Crippen LogP contribution >= 0.6 is 7.82 Å². The van der Waals surface area contributed by atoms with E-state index in [0.29, 0.717) is 26.1 Å². The Morgan fingerprint density at radius 1 is 0.789 bits per heavy atom. The molecule has 6 nitrogen and oxygen atoms in total. The summed E-state index contributed by atoms with van der Waals surface area (Å²) in [4.78, 5) is 11.3. The van der Waals surface area contributed by atoms with Gasteiger partial charge in [-0.15, -0.1) is 4.89 Å². The Morgan fingerprint density at radius 3 is 1.47 bits per heavy atom. The fourth-order valence-corrected chi connectivity index (χ4v) is 1.93. The molecule has 0 aromatic rings. The predicted molar refractivity (Wildman–Crippen MR) is 71.6 cm³/mol. The number of rotatable bonds is 12. The summed E-state index contributed by atoms with van der Waals surface area (Å²) in [6.07, 6.45) is 1.31. The van der Waals surface area contributed by atoms with Gasteiger partial charge >= 0.3 is 7.82 Å². The van der Waals surface area contributed by atoms with Gasteiger partial charge in [0.1, 0.15) is 0 Å². The van der Waals surface area contributed by atoms with E-state index < -0.39 is 7.82 Å². The van der Waals surface area contributed by atoms with Gasteiger partial charge in [-0.25, -0.2) is 4.57 Å². The molecule has 7 heteroatoms. The third-order valence-corrected chi connectivity index (χ3v) is 2.98. The van der Waals surface area contributed by atoms with Crippen LogP contribution in [-0.4, -0.2) is 38.6 Å². The van der Waals surface area contributed by atoms with Gasteiger partial charge in [-0.3, -0.25) is 9.05 Å². The van der Waals surface area contributed by atoms with Crippen molar-refractivity contribution in [2.75, 3.05) is 26.4 Å². The van der Waals surface area contributed by atoms with Gasteiger partial charge in [-0.1, -0.05) is 0 Å². The Kier molecular flexibility index (Phi) is 10.8. The summed E-state index contributed by atoms with van der Waals surface area (Å²) in [6.45, 7) is 8.78. The number of hydrogen-bond donors (Lipinski definition) is 0. The lowest BCUT2D eigenvalue weighted by Crippen LogP contribution is -2.08. The molecule has 0 heterocycles. The van der Waals surface area contributed by atoms with Crippen molar-refractivity contribution in [3.05, 3.63) is 0 Å². The van der Waals surface area contributed by atoms with Gasteiger partial charge in [0.25, 0.3) is 0 Å². The van der Waals surface area contributed by atoms with Crippen LogP contribution in [0.5, 0.6) is 0 Å². The Labute approximate surface area is 116 Å². The normalized spacial score (nSPS) is 12.6. The largest absolute Gasteiger partial charge is 0.502 e. The molecule has 1 radical (unpaired) electrons. The van der Waals surface area contributed by atoms with Crippen LogP contribution in [0.15, 0.2) is 0 Å². The fourth-order valence-electron chi connectivity index (χ4n) is 1.15. The van der Waals surface area contributed by atoms with Gasteiger partial charge in [0.2, 0.25) is 0 Å². The van der Waals surface area contributed by atoms with Gasteiger partial charge in [0, 0.05) is 13.2 Å². The van der Waals surface area contributed by atoms with Crippen molar-refractivity contribution in [3.8, 4) is 0 Å². The molecular weight excluding hydrogens is 271 g/mol. The third kappa shape index (κ3) is 14.3. The lowest BCUT2D eigenvalue weighted by molar-refractivity contribution is 0.0537. The Hall–Kier alpha value is 0.0300. The Balaban J connectivity index is 3.50. The molecule has 0 amide bonds. The molecule has 0 aromatic carbocycles. The highest BCUT2D eigenvalue weighted by molar-refractivity contribution is 7.47. The highest BCUT2D eigenvalue weighted by atomic mass is 31.2. The van der Waals surface area contributed by atoms with E-state index in [9.17, 15) is 9.46 Å². The fraction of sp³-hybridized carbons (Fsp3) is 1.00. The zero-order valence-corrected chi connectivity index (χ0v) is 13.2. The van der Waals surface area contributed by atoms with E-state index in [1.807, 2.05) is 27.7 Å². The summed E-state index contributed by atoms with van der Waals surface area (Å²) in [7, 11) is -4.18. The van der Waals surface area contributed by atoms with Crippen molar-refractivity contribution < 1.29 is 28.0 Å². The van der Waals surface area contributed by atoms with E-state index in [1.54, 1.807) is 0 Å². The molecule has 0 aliphatic heterocycles. The van der Waals surface area contributed by atoms with Crippen molar-refractivity contribution >= 4 is 7.82 Å². The molecule has 0 rings (SSSR count). The smallest absolute Gasteiger partial charge is 0.379 e. The maximum absolute atomic E-state index is 11.3. The molecule has 0 aliphatic rings. The molecule has 0 spiro atoms. The van der Waals surface area contributed by atoms with E-state index in [-0.39, 0.29) is 25.4 Å². The highest BCUT2D eigenvalue weighted by Crippen LogP contribution is 2.44. The van der Waals surface area contributed by atoms with Crippen LogP contribution in [0.25, 0.3) is 0 Å². The molecule has 0 aromatic heterocycles. The van der Waals surface area contributed by atoms with Crippen LogP contribution in [0.2, 0.25) is 0 Å². The summed E-state index contributed by atoms with van der Waals surface area (Å²) in [5.41, 5.74) is 0. The molecule has 0 N–H and O–H groups in total. The zero-order chi connectivity index (χ0) is 14.7. The predicted octanol–water partition coefficient (Wildman–Crippen LogP) is 3.19. The molecule has 0 bridgehead atoms. The van der Waals surface area contributed by atoms with E-state index >= 15 is 0 Å². The second kappa shape index (κ2) is 10.8. The first-order valence-corrected chi connectivity index (χ1v) is 8.13. The summed E-state index contributed by atoms with van der Waals surface area (Å²) < 4.78 is 31.2. The average Bonchev–Trinajstić information content (AvgIpc) is 2.27. The molecule has 0 saturated heterocycles. The first kappa shape index (κ1) is 19.0. The van der Waals surface area contributed by atoms with Crippen molar-refractivity contribution in [3.63, 3.8) is 0 Å². The molecule has 0 saturated carbocycles. The van der Waals surface area contributed by atoms with Crippen LogP contribution in [0.1, 0.15) is 40.5 Å². The minimum absolute atomic E-state index is 0.0794. The second-order valence-electron chi connectivity index (χ2n) is 4.66. The van der Waals surface area contributed by atoms with Crippen LogP contribution in [0.3, 0.4) is 0 Å².